The lowest BCUT2D eigenvalue weighted by Crippen LogP contribution is -2.35. The summed E-state index contributed by atoms with van der Waals surface area (Å²) in [5, 5.41) is 8.41. The predicted octanol–water partition coefficient (Wildman–Crippen LogP) is 2.84. The lowest BCUT2D eigenvalue weighted by Gasteiger charge is -2.23. The Hall–Kier alpha value is -3.62. The highest BCUT2D eigenvalue weighted by molar-refractivity contribution is 5.93. The summed E-state index contributed by atoms with van der Waals surface area (Å²) in [7, 11) is 0. The van der Waals surface area contributed by atoms with Gasteiger partial charge in [0.2, 0.25) is 0 Å². The number of fused-ring (bicyclic) bond motifs is 1. The van der Waals surface area contributed by atoms with E-state index < -0.39 is 0 Å². The molecule has 0 saturated carbocycles. The molecule has 0 spiro atoms. The van der Waals surface area contributed by atoms with Crippen LogP contribution in [0.1, 0.15) is 22.6 Å². The fourth-order valence-corrected chi connectivity index (χ4v) is 4.12. The highest BCUT2D eigenvalue weighted by Crippen LogP contribution is 2.32. The van der Waals surface area contributed by atoms with Crippen molar-refractivity contribution in [3.8, 4) is 17.2 Å². The molecule has 0 N–H and O–H groups in total. The fraction of sp³-hybridized carbons (Fsp3) is 0.348. The first-order valence-electron chi connectivity index (χ1n) is 10.7. The highest BCUT2D eigenvalue weighted by atomic mass is 19.1. The van der Waals surface area contributed by atoms with Gasteiger partial charge in [0.05, 0.1) is 11.4 Å². The first kappa shape index (κ1) is 20.3. The van der Waals surface area contributed by atoms with Gasteiger partial charge in [-0.15, -0.1) is 5.10 Å². The normalized spacial score (nSPS) is 16.1. The molecule has 32 heavy (non-hydrogen) atoms. The largest absolute Gasteiger partial charge is 0.486 e. The molecule has 0 aliphatic carbocycles. The highest BCUT2D eigenvalue weighted by Gasteiger charge is 2.26. The zero-order valence-corrected chi connectivity index (χ0v) is 17.8. The number of hydrogen-bond acceptors (Lipinski definition) is 6. The van der Waals surface area contributed by atoms with E-state index in [9.17, 15) is 9.18 Å². The monoisotopic (exact) mass is 437 g/mol. The number of benzene rings is 2. The SMILES string of the molecule is Cc1c(C(=O)N2CCCN(c3ccc(F)cc3)CC2)nnn1-c1ccc2c(c1)OCCO2. The molecule has 1 amide bonds. The molecule has 2 aromatic carbocycles. The van der Waals surface area contributed by atoms with Crippen LogP contribution in [0.15, 0.2) is 42.5 Å². The van der Waals surface area contributed by atoms with Gasteiger partial charge in [-0.05, 0) is 49.7 Å². The van der Waals surface area contributed by atoms with Crippen LogP contribution in [-0.2, 0) is 0 Å². The maximum atomic E-state index is 13.2. The molecule has 0 radical (unpaired) electrons. The molecule has 166 valence electrons. The van der Waals surface area contributed by atoms with Gasteiger partial charge in [0, 0.05) is 37.9 Å². The summed E-state index contributed by atoms with van der Waals surface area (Å²) >= 11 is 0. The van der Waals surface area contributed by atoms with Gasteiger partial charge in [0.25, 0.3) is 5.91 Å². The Morgan fingerprint density at radius 2 is 1.69 bits per heavy atom. The Morgan fingerprint density at radius 3 is 2.50 bits per heavy atom. The first-order chi connectivity index (χ1) is 15.6. The Labute approximate surface area is 185 Å². The molecule has 1 aromatic heterocycles. The minimum atomic E-state index is -0.253. The number of rotatable bonds is 3. The van der Waals surface area contributed by atoms with Crippen LogP contribution in [0.4, 0.5) is 10.1 Å². The summed E-state index contributed by atoms with van der Waals surface area (Å²) in [6.07, 6.45) is 0.818. The standard InChI is InChI=1S/C23H24FN5O3/c1-16-22(25-26-29(16)19-7-8-20-21(15-19)32-14-13-31-20)23(30)28-10-2-9-27(11-12-28)18-5-3-17(24)4-6-18/h3-8,15H,2,9-14H2,1H3. The van der Waals surface area contributed by atoms with Crippen LogP contribution in [0.2, 0.25) is 0 Å². The van der Waals surface area contributed by atoms with Gasteiger partial charge in [0.15, 0.2) is 17.2 Å². The number of ether oxygens (including phenoxy) is 2. The van der Waals surface area contributed by atoms with Gasteiger partial charge in [0.1, 0.15) is 19.0 Å². The second-order valence-electron chi connectivity index (χ2n) is 7.87. The molecule has 2 aliphatic rings. The van der Waals surface area contributed by atoms with E-state index in [0.29, 0.717) is 55.7 Å². The molecule has 3 aromatic rings. The summed E-state index contributed by atoms with van der Waals surface area (Å²) in [6, 6.07) is 12.0. The summed E-state index contributed by atoms with van der Waals surface area (Å²) in [5.74, 6) is 0.971. The van der Waals surface area contributed by atoms with Gasteiger partial charge < -0.3 is 19.3 Å². The van der Waals surface area contributed by atoms with Crippen molar-refractivity contribution in [2.24, 2.45) is 0 Å². The number of aromatic nitrogens is 3. The van der Waals surface area contributed by atoms with Crippen LogP contribution in [-0.4, -0.2) is 65.2 Å². The fourth-order valence-electron chi connectivity index (χ4n) is 4.12. The molecule has 1 saturated heterocycles. The maximum Gasteiger partial charge on any atom is 0.276 e. The van der Waals surface area contributed by atoms with Crippen molar-refractivity contribution in [2.45, 2.75) is 13.3 Å². The van der Waals surface area contributed by atoms with Crippen LogP contribution in [0, 0.1) is 12.7 Å². The van der Waals surface area contributed by atoms with E-state index in [1.165, 1.54) is 12.1 Å². The average molecular weight is 437 g/mol. The zero-order chi connectivity index (χ0) is 22.1. The van der Waals surface area contributed by atoms with E-state index in [1.54, 1.807) is 16.8 Å². The van der Waals surface area contributed by atoms with Crippen LogP contribution in [0.5, 0.6) is 11.5 Å². The van der Waals surface area contributed by atoms with Crippen LogP contribution < -0.4 is 14.4 Å². The Kier molecular flexibility index (Phi) is 5.38. The molecule has 1 fully saturated rings. The lowest BCUT2D eigenvalue weighted by atomic mass is 10.2. The van der Waals surface area contributed by atoms with E-state index in [1.807, 2.05) is 30.0 Å². The van der Waals surface area contributed by atoms with Crippen molar-refractivity contribution in [1.82, 2.24) is 19.9 Å². The number of anilines is 1. The third-order valence-electron chi connectivity index (χ3n) is 5.84. The number of amides is 1. The Morgan fingerprint density at radius 1 is 0.938 bits per heavy atom. The zero-order valence-electron chi connectivity index (χ0n) is 17.8. The van der Waals surface area contributed by atoms with Crippen molar-refractivity contribution in [2.75, 3.05) is 44.3 Å². The summed E-state index contributed by atoms with van der Waals surface area (Å²) in [4.78, 5) is 17.2. The Balaban J connectivity index is 1.32. The van der Waals surface area contributed by atoms with Crippen molar-refractivity contribution >= 4 is 11.6 Å². The quantitative estimate of drug-likeness (QED) is 0.628. The van der Waals surface area contributed by atoms with Crippen molar-refractivity contribution in [3.63, 3.8) is 0 Å². The van der Waals surface area contributed by atoms with Crippen LogP contribution in [0.25, 0.3) is 5.69 Å². The number of nitrogens with zero attached hydrogens (tertiary/aromatic N) is 5. The van der Waals surface area contributed by atoms with Crippen LogP contribution >= 0.6 is 0 Å². The van der Waals surface area contributed by atoms with Crippen molar-refractivity contribution in [1.29, 1.82) is 0 Å². The topological polar surface area (TPSA) is 72.7 Å². The first-order valence-corrected chi connectivity index (χ1v) is 10.7. The summed E-state index contributed by atoms with van der Waals surface area (Å²) in [5.41, 5.74) is 2.74. The van der Waals surface area contributed by atoms with Gasteiger partial charge in [-0.3, -0.25) is 4.79 Å². The molecular weight excluding hydrogens is 413 g/mol. The third kappa shape index (κ3) is 3.86. The maximum absolute atomic E-state index is 13.2. The number of hydrogen-bond donors (Lipinski definition) is 0. The lowest BCUT2D eigenvalue weighted by molar-refractivity contribution is 0.0760. The summed E-state index contributed by atoms with van der Waals surface area (Å²) in [6.45, 7) is 5.54. The minimum Gasteiger partial charge on any atom is -0.486 e. The molecule has 3 heterocycles. The van der Waals surface area contributed by atoms with E-state index in [0.717, 1.165) is 24.3 Å². The molecule has 8 nitrogen and oxygen atoms in total. The van der Waals surface area contributed by atoms with Crippen LogP contribution in [0.3, 0.4) is 0 Å². The molecule has 0 atom stereocenters. The number of carbonyl (C=O) groups is 1. The van der Waals surface area contributed by atoms with E-state index in [2.05, 4.69) is 15.2 Å². The second kappa shape index (κ2) is 8.49. The molecule has 0 bridgehead atoms. The second-order valence-corrected chi connectivity index (χ2v) is 7.87. The molecule has 9 heteroatoms. The predicted molar refractivity (Wildman–Crippen MR) is 116 cm³/mol. The van der Waals surface area contributed by atoms with E-state index in [-0.39, 0.29) is 11.7 Å². The Bertz CT molecular complexity index is 1130. The van der Waals surface area contributed by atoms with Gasteiger partial charge in [-0.25, -0.2) is 9.07 Å². The summed E-state index contributed by atoms with van der Waals surface area (Å²) < 4.78 is 26.1. The number of carbonyl (C=O) groups excluding carboxylic acids is 1. The molecule has 2 aliphatic heterocycles. The van der Waals surface area contributed by atoms with Gasteiger partial charge >= 0.3 is 0 Å². The molecule has 5 rings (SSSR count). The van der Waals surface area contributed by atoms with Gasteiger partial charge in [-0.1, -0.05) is 5.21 Å². The molecule has 0 unspecified atom stereocenters. The minimum absolute atomic E-state index is 0.132. The van der Waals surface area contributed by atoms with Crippen molar-refractivity contribution < 1.29 is 18.7 Å². The van der Waals surface area contributed by atoms with Gasteiger partial charge in [-0.2, -0.15) is 0 Å². The average Bonchev–Trinajstić information content (AvgIpc) is 3.03. The van der Waals surface area contributed by atoms with E-state index in [4.69, 9.17) is 9.47 Å². The molecular formula is C23H24FN5O3. The van der Waals surface area contributed by atoms with Crippen molar-refractivity contribution in [3.05, 3.63) is 59.7 Å². The third-order valence-corrected chi connectivity index (χ3v) is 5.84. The van der Waals surface area contributed by atoms with E-state index >= 15 is 0 Å². The number of halogens is 1. The smallest absolute Gasteiger partial charge is 0.276 e.